The van der Waals surface area contributed by atoms with Crippen LogP contribution in [0.4, 0.5) is 0 Å². The predicted octanol–water partition coefficient (Wildman–Crippen LogP) is 2.36. The second kappa shape index (κ2) is 8.70. The van der Waals surface area contributed by atoms with E-state index >= 15 is 0 Å². The van der Waals surface area contributed by atoms with Gasteiger partial charge in [-0.2, -0.15) is 13.1 Å². The van der Waals surface area contributed by atoms with Crippen molar-refractivity contribution in [1.82, 2.24) is 9.44 Å². The molecule has 0 bridgehead atoms. The summed E-state index contributed by atoms with van der Waals surface area (Å²) >= 11 is 6.02. The highest BCUT2D eigenvalue weighted by Crippen LogP contribution is 2.14. The van der Waals surface area contributed by atoms with Gasteiger partial charge in [-0.3, -0.25) is 0 Å². The summed E-state index contributed by atoms with van der Waals surface area (Å²) in [4.78, 5) is 0. The summed E-state index contributed by atoms with van der Waals surface area (Å²) in [6.07, 6.45) is 0.524. The van der Waals surface area contributed by atoms with Crippen LogP contribution in [0.3, 0.4) is 0 Å². The summed E-state index contributed by atoms with van der Waals surface area (Å²) in [5.41, 5.74) is 1.75. The van der Waals surface area contributed by atoms with Crippen molar-refractivity contribution in [3.8, 4) is 11.8 Å². The fourth-order valence-corrected chi connectivity index (χ4v) is 2.84. The summed E-state index contributed by atoms with van der Waals surface area (Å²) in [6, 6.07) is 16.7. The number of halogens is 1. The van der Waals surface area contributed by atoms with Crippen LogP contribution in [-0.2, 0) is 16.6 Å². The first-order valence-electron chi connectivity index (χ1n) is 7.08. The maximum atomic E-state index is 11.8. The van der Waals surface area contributed by atoms with Gasteiger partial charge in [0, 0.05) is 17.1 Å². The van der Waals surface area contributed by atoms with E-state index in [-0.39, 0.29) is 13.1 Å². The molecule has 0 amide bonds. The van der Waals surface area contributed by atoms with Crippen LogP contribution in [0.15, 0.2) is 54.6 Å². The topological polar surface area (TPSA) is 58.2 Å². The Morgan fingerprint density at radius 3 is 2.39 bits per heavy atom. The Labute approximate surface area is 142 Å². The molecule has 0 heterocycles. The predicted molar refractivity (Wildman–Crippen MR) is 93.4 cm³/mol. The van der Waals surface area contributed by atoms with Gasteiger partial charge in [-0.15, -0.1) is 0 Å². The highest BCUT2D eigenvalue weighted by molar-refractivity contribution is 7.87. The van der Waals surface area contributed by atoms with Crippen LogP contribution in [0, 0.1) is 11.8 Å². The minimum atomic E-state index is -3.56. The van der Waals surface area contributed by atoms with Crippen molar-refractivity contribution in [2.75, 3.05) is 13.1 Å². The molecule has 2 aromatic carbocycles. The van der Waals surface area contributed by atoms with Gasteiger partial charge in [0.2, 0.25) is 0 Å². The van der Waals surface area contributed by atoms with E-state index in [4.69, 9.17) is 11.6 Å². The third kappa shape index (κ3) is 6.43. The third-order valence-corrected chi connectivity index (χ3v) is 4.48. The van der Waals surface area contributed by atoms with Crippen LogP contribution < -0.4 is 9.44 Å². The fourth-order valence-electron chi connectivity index (χ4n) is 1.87. The molecule has 0 unspecified atom stereocenters. The van der Waals surface area contributed by atoms with Crippen LogP contribution in [-0.4, -0.2) is 21.5 Å². The average molecular weight is 349 g/mol. The van der Waals surface area contributed by atoms with E-state index in [0.29, 0.717) is 11.4 Å². The molecule has 0 spiro atoms. The second-order valence-corrected chi connectivity index (χ2v) is 6.72. The van der Waals surface area contributed by atoms with Gasteiger partial charge >= 0.3 is 0 Å². The molecule has 0 radical (unpaired) electrons. The van der Waals surface area contributed by atoms with Crippen molar-refractivity contribution in [2.24, 2.45) is 0 Å². The van der Waals surface area contributed by atoms with Crippen LogP contribution >= 0.6 is 11.6 Å². The van der Waals surface area contributed by atoms with Crippen molar-refractivity contribution < 1.29 is 8.42 Å². The van der Waals surface area contributed by atoms with Gasteiger partial charge in [-0.1, -0.05) is 59.8 Å². The smallest absolute Gasteiger partial charge is 0.202 e. The van der Waals surface area contributed by atoms with E-state index in [2.05, 4.69) is 21.3 Å². The molecule has 2 rings (SSSR count). The van der Waals surface area contributed by atoms with E-state index in [1.54, 1.807) is 6.07 Å². The van der Waals surface area contributed by atoms with Gasteiger partial charge in [0.05, 0.1) is 6.54 Å². The monoisotopic (exact) mass is 348 g/mol. The molecule has 120 valence electrons. The number of rotatable bonds is 6. The molecule has 6 heteroatoms. The lowest BCUT2D eigenvalue weighted by Gasteiger charge is -2.07. The molecule has 2 aromatic rings. The van der Waals surface area contributed by atoms with E-state index in [1.165, 1.54) is 0 Å². The van der Waals surface area contributed by atoms with Crippen LogP contribution in [0.2, 0.25) is 5.02 Å². The van der Waals surface area contributed by atoms with Gasteiger partial charge in [-0.25, -0.2) is 4.72 Å². The van der Waals surface area contributed by atoms with E-state index < -0.39 is 10.2 Å². The fraction of sp³-hybridized carbons (Fsp3) is 0.176. The van der Waals surface area contributed by atoms with Crippen molar-refractivity contribution in [2.45, 2.75) is 6.42 Å². The highest BCUT2D eigenvalue weighted by Gasteiger charge is 2.07. The third-order valence-electron chi connectivity index (χ3n) is 3.00. The Morgan fingerprint density at radius 1 is 0.957 bits per heavy atom. The molecule has 23 heavy (non-hydrogen) atoms. The Hall–Kier alpha value is -1.84. The Kier molecular flexibility index (Phi) is 6.63. The zero-order chi connectivity index (χ0) is 16.5. The molecule has 0 aliphatic carbocycles. The highest BCUT2D eigenvalue weighted by atomic mass is 35.5. The van der Waals surface area contributed by atoms with Crippen molar-refractivity contribution in [3.63, 3.8) is 0 Å². The molecule has 0 saturated carbocycles. The van der Waals surface area contributed by atoms with Gasteiger partial charge in [-0.05, 0) is 30.2 Å². The lowest BCUT2D eigenvalue weighted by molar-refractivity contribution is 0.571. The molecule has 0 aromatic heterocycles. The first kappa shape index (κ1) is 17.5. The van der Waals surface area contributed by atoms with Gasteiger partial charge in [0.25, 0.3) is 10.2 Å². The molecule has 0 aliphatic rings. The second-order valence-electron chi connectivity index (χ2n) is 4.73. The first-order valence-corrected chi connectivity index (χ1v) is 8.94. The quantitative estimate of drug-likeness (QED) is 0.787. The molecular weight excluding hydrogens is 332 g/mol. The molecule has 0 atom stereocenters. The maximum Gasteiger partial charge on any atom is 0.277 e. The maximum absolute atomic E-state index is 11.8. The van der Waals surface area contributed by atoms with Gasteiger partial charge in [0.1, 0.15) is 0 Å². The summed E-state index contributed by atoms with van der Waals surface area (Å²) in [7, 11) is -3.56. The molecule has 4 nitrogen and oxygen atoms in total. The van der Waals surface area contributed by atoms with Crippen molar-refractivity contribution in [3.05, 3.63) is 70.7 Å². The minimum absolute atomic E-state index is 0.0519. The summed E-state index contributed by atoms with van der Waals surface area (Å²) in [5, 5.41) is 0.633. The average Bonchev–Trinajstić information content (AvgIpc) is 2.54. The van der Waals surface area contributed by atoms with Gasteiger partial charge < -0.3 is 0 Å². The number of benzene rings is 2. The first-order chi connectivity index (χ1) is 11.1. The summed E-state index contributed by atoms with van der Waals surface area (Å²) in [5.74, 6) is 5.66. The molecule has 2 N–H and O–H groups in total. The SMILES string of the molecule is O=S(=O)(NCC#Cc1ccccc1)NCCc1ccccc1Cl. The zero-order valence-electron chi connectivity index (χ0n) is 12.4. The summed E-state index contributed by atoms with van der Waals surface area (Å²) in [6.45, 7) is 0.321. The number of hydrogen-bond acceptors (Lipinski definition) is 2. The number of nitrogens with one attached hydrogen (secondary N) is 2. The molecule has 0 fully saturated rings. The van der Waals surface area contributed by atoms with E-state index in [1.807, 2.05) is 48.5 Å². The minimum Gasteiger partial charge on any atom is -0.202 e. The molecule has 0 aliphatic heterocycles. The Balaban J connectivity index is 1.77. The normalized spacial score (nSPS) is 10.8. The van der Waals surface area contributed by atoms with Crippen LogP contribution in [0.25, 0.3) is 0 Å². The van der Waals surface area contributed by atoms with Crippen molar-refractivity contribution >= 4 is 21.8 Å². The van der Waals surface area contributed by atoms with Crippen molar-refractivity contribution in [1.29, 1.82) is 0 Å². The summed E-state index contributed by atoms with van der Waals surface area (Å²) < 4.78 is 28.4. The number of hydrogen-bond donors (Lipinski definition) is 2. The van der Waals surface area contributed by atoms with Gasteiger partial charge in [0.15, 0.2) is 0 Å². The lowest BCUT2D eigenvalue weighted by atomic mass is 10.1. The van der Waals surface area contributed by atoms with E-state index in [9.17, 15) is 8.42 Å². The van der Waals surface area contributed by atoms with Crippen LogP contribution in [0.1, 0.15) is 11.1 Å². The zero-order valence-corrected chi connectivity index (χ0v) is 14.0. The van der Waals surface area contributed by atoms with E-state index in [0.717, 1.165) is 11.1 Å². The molecule has 0 saturated heterocycles. The van der Waals surface area contributed by atoms with Crippen LogP contribution in [0.5, 0.6) is 0 Å². The molecular formula is C17H17ClN2O2S. The Morgan fingerprint density at radius 2 is 1.65 bits per heavy atom. The standard InChI is InChI=1S/C17H17ClN2O2S/c18-17-11-5-4-10-16(17)12-14-20-23(21,22)19-13-6-9-15-7-2-1-3-8-15/h1-5,7-8,10-11,19-20H,12-14H2. The largest absolute Gasteiger partial charge is 0.277 e. The lowest BCUT2D eigenvalue weighted by Crippen LogP contribution is -2.37. The Bertz CT molecular complexity index is 796.